The maximum absolute atomic E-state index is 12.5. The smallest absolute Gasteiger partial charge is 0.240 e. The summed E-state index contributed by atoms with van der Waals surface area (Å²) in [6, 6.07) is 5.58. The number of rotatable bonds is 6. The molecule has 4 atom stereocenters. The molecule has 0 radical (unpaired) electrons. The van der Waals surface area contributed by atoms with Crippen molar-refractivity contribution in [3.05, 3.63) is 29.3 Å². The summed E-state index contributed by atoms with van der Waals surface area (Å²) in [7, 11) is -3.71. The van der Waals surface area contributed by atoms with Crippen LogP contribution in [0.4, 0.5) is 0 Å². The van der Waals surface area contributed by atoms with Crippen molar-refractivity contribution in [3.8, 4) is 0 Å². The van der Waals surface area contributed by atoms with E-state index in [2.05, 4.69) is 9.62 Å². The number of nitrogens with one attached hydrogen (secondary N) is 1. The number of benzene rings is 1. The number of nitrogens with zero attached hydrogens (tertiary/aromatic N) is 1. The lowest BCUT2D eigenvalue weighted by Crippen LogP contribution is -2.52. The van der Waals surface area contributed by atoms with Crippen molar-refractivity contribution in [3.63, 3.8) is 0 Å². The molecule has 3 N–H and O–H groups in total. The number of aliphatic hydroxyl groups is 2. The zero-order chi connectivity index (χ0) is 18.7. The molecule has 2 aliphatic rings. The minimum atomic E-state index is -3.71. The number of likely N-dealkylation sites (tertiary alicyclic amines) is 1. The zero-order valence-electron chi connectivity index (χ0n) is 14.8. The van der Waals surface area contributed by atoms with Crippen molar-refractivity contribution in [1.29, 1.82) is 0 Å². The van der Waals surface area contributed by atoms with E-state index in [0.717, 1.165) is 32.4 Å². The number of ether oxygens (including phenoxy) is 1. The molecule has 0 spiro atoms. The van der Waals surface area contributed by atoms with Crippen LogP contribution in [-0.4, -0.2) is 74.1 Å². The third kappa shape index (κ3) is 5.33. The zero-order valence-corrected chi connectivity index (χ0v) is 17.2. The van der Waals surface area contributed by atoms with Gasteiger partial charge in [-0.3, -0.25) is 4.90 Å². The van der Waals surface area contributed by atoms with Gasteiger partial charge in [-0.1, -0.05) is 18.0 Å². The van der Waals surface area contributed by atoms with Crippen molar-refractivity contribution in [2.45, 2.75) is 48.5 Å². The van der Waals surface area contributed by atoms with Crippen LogP contribution in [0, 0.1) is 0 Å². The van der Waals surface area contributed by atoms with Crippen molar-refractivity contribution >= 4 is 34.0 Å². The Morgan fingerprint density at radius 3 is 2.37 bits per heavy atom. The van der Waals surface area contributed by atoms with Crippen LogP contribution in [0.3, 0.4) is 0 Å². The van der Waals surface area contributed by atoms with E-state index >= 15 is 0 Å². The van der Waals surface area contributed by atoms with Gasteiger partial charge in [0.2, 0.25) is 10.0 Å². The Labute approximate surface area is 171 Å². The van der Waals surface area contributed by atoms with Gasteiger partial charge in [-0.15, -0.1) is 12.4 Å². The fraction of sp³-hybridized carbons (Fsp3) is 0.647. The maximum Gasteiger partial charge on any atom is 0.240 e. The lowest BCUT2D eigenvalue weighted by atomic mass is 9.99. The van der Waals surface area contributed by atoms with E-state index in [1.54, 1.807) is 0 Å². The van der Waals surface area contributed by atoms with Crippen LogP contribution in [0.2, 0.25) is 5.02 Å². The van der Waals surface area contributed by atoms with Crippen molar-refractivity contribution in [2.24, 2.45) is 0 Å². The SMILES string of the molecule is Cl.O=S(=O)(NC[C@H]1O[C@@H](CO)[C@@H](O)[C@H]1N1CCCCC1)c1ccc(Cl)cc1. The first-order valence-electron chi connectivity index (χ1n) is 8.86. The summed E-state index contributed by atoms with van der Waals surface area (Å²) in [5, 5.41) is 20.4. The third-order valence-corrected chi connectivity index (χ3v) is 6.74. The Morgan fingerprint density at radius 2 is 1.78 bits per heavy atom. The minimum absolute atomic E-state index is 0. The summed E-state index contributed by atoms with van der Waals surface area (Å²) < 4.78 is 33.3. The number of aliphatic hydroxyl groups excluding tert-OH is 2. The van der Waals surface area contributed by atoms with Crippen LogP contribution in [0.1, 0.15) is 19.3 Å². The highest BCUT2D eigenvalue weighted by Crippen LogP contribution is 2.28. The van der Waals surface area contributed by atoms with Crippen molar-refractivity contribution in [2.75, 3.05) is 26.2 Å². The molecule has 2 fully saturated rings. The topological polar surface area (TPSA) is 99.1 Å². The third-order valence-electron chi connectivity index (χ3n) is 5.05. The predicted octanol–water partition coefficient (Wildman–Crippen LogP) is 1.02. The molecular weight excluding hydrogens is 415 g/mol. The van der Waals surface area contributed by atoms with Gasteiger partial charge >= 0.3 is 0 Å². The molecule has 2 heterocycles. The summed E-state index contributed by atoms with van der Waals surface area (Å²) in [5.41, 5.74) is 0. The normalized spacial score (nSPS) is 29.4. The largest absolute Gasteiger partial charge is 0.394 e. The second kappa shape index (κ2) is 9.84. The molecule has 0 aliphatic carbocycles. The van der Waals surface area contributed by atoms with Gasteiger partial charge in [-0.2, -0.15) is 0 Å². The Hall–Kier alpha value is -0.450. The predicted molar refractivity (Wildman–Crippen MR) is 105 cm³/mol. The quantitative estimate of drug-likeness (QED) is 0.610. The minimum Gasteiger partial charge on any atom is -0.394 e. The second-order valence-electron chi connectivity index (χ2n) is 6.78. The Balaban J connectivity index is 0.00000261. The van der Waals surface area contributed by atoms with Crippen molar-refractivity contribution < 1.29 is 23.4 Å². The Bertz CT molecular complexity index is 698. The summed E-state index contributed by atoms with van der Waals surface area (Å²) in [6.45, 7) is 1.40. The molecule has 2 aliphatic heterocycles. The summed E-state index contributed by atoms with van der Waals surface area (Å²) in [5.74, 6) is 0. The van der Waals surface area contributed by atoms with E-state index in [0.29, 0.717) is 5.02 Å². The molecule has 3 rings (SSSR count). The van der Waals surface area contributed by atoms with E-state index in [-0.39, 0.29) is 36.5 Å². The molecule has 0 saturated carbocycles. The van der Waals surface area contributed by atoms with Gasteiger partial charge in [-0.25, -0.2) is 13.1 Å². The van der Waals surface area contributed by atoms with E-state index in [4.69, 9.17) is 16.3 Å². The molecule has 0 unspecified atom stereocenters. The van der Waals surface area contributed by atoms with Crippen LogP contribution < -0.4 is 4.72 Å². The lowest BCUT2D eigenvalue weighted by molar-refractivity contribution is -0.0201. The van der Waals surface area contributed by atoms with Gasteiger partial charge < -0.3 is 14.9 Å². The molecule has 0 amide bonds. The van der Waals surface area contributed by atoms with E-state index in [1.807, 2.05) is 0 Å². The lowest BCUT2D eigenvalue weighted by Gasteiger charge is -2.36. The first-order valence-corrected chi connectivity index (χ1v) is 10.7. The van der Waals surface area contributed by atoms with Gasteiger partial charge in [-0.05, 0) is 50.2 Å². The van der Waals surface area contributed by atoms with Crippen molar-refractivity contribution in [1.82, 2.24) is 9.62 Å². The molecule has 154 valence electrons. The monoisotopic (exact) mass is 440 g/mol. The molecule has 2 saturated heterocycles. The Morgan fingerprint density at radius 1 is 1.15 bits per heavy atom. The van der Waals surface area contributed by atoms with Gasteiger partial charge in [0, 0.05) is 11.6 Å². The highest BCUT2D eigenvalue weighted by atomic mass is 35.5. The molecule has 0 bridgehead atoms. The van der Waals surface area contributed by atoms with E-state index in [9.17, 15) is 18.6 Å². The number of sulfonamides is 1. The number of halogens is 2. The van der Waals surface area contributed by atoms with Crippen LogP contribution in [0.5, 0.6) is 0 Å². The fourth-order valence-electron chi connectivity index (χ4n) is 3.70. The number of hydrogen-bond acceptors (Lipinski definition) is 6. The first-order chi connectivity index (χ1) is 12.4. The fourth-order valence-corrected chi connectivity index (χ4v) is 4.87. The van der Waals surface area contributed by atoms with E-state index in [1.165, 1.54) is 24.3 Å². The van der Waals surface area contributed by atoms with Gasteiger partial charge in [0.25, 0.3) is 0 Å². The van der Waals surface area contributed by atoms with Gasteiger partial charge in [0.15, 0.2) is 0 Å². The summed E-state index contributed by atoms with van der Waals surface area (Å²) in [4.78, 5) is 2.26. The second-order valence-corrected chi connectivity index (χ2v) is 8.98. The maximum atomic E-state index is 12.5. The number of piperidine rings is 1. The van der Waals surface area contributed by atoms with Gasteiger partial charge in [0.05, 0.1) is 23.6 Å². The van der Waals surface area contributed by atoms with Crippen LogP contribution in [-0.2, 0) is 14.8 Å². The molecule has 1 aromatic rings. The highest BCUT2D eigenvalue weighted by molar-refractivity contribution is 7.89. The van der Waals surface area contributed by atoms with Crippen LogP contribution in [0.15, 0.2) is 29.2 Å². The average molecular weight is 441 g/mol. The summed E-state index contributed by atoms with van der Waals surface area (Å²) in [6.07, 6.45) is 1.15. The first kappa shape index (κ1) is 22.8. The standard InChI is InChI=1S/C17H25ClN2O5S.ClH/c18-12-4-6-13(7-5-12)26(23,24)19-10-14-16(17(22)15(11-21)25-14)20-8-2-1-3-9-20;/h4-7,14-17,19,21-22H,1-3,8-11H2;1H/t14-,15+,16+,17-;/m1./s1. The molecular formula is C17H26Cl2N2O5S. The summed E-state index contributed by atoms with van der Waals surface area (Å²) >= 11 is 5.80. The van der Waals surface area contributed by atoms with E-state index < -0.39 is 28.3 Å². The molecule has 7 nitrogen and oxygen atoms in total. The Kier molecular flexibility index (Phi) is 8.33. The van der Waals surface area contributed by atoms with Crippen LogP contribution in [0.25, 0.3) is 0 Å². The van der Waals surface area contributed by atoms with Crippen LogP contribution >= 0.6 is 24.0 Å². The number of hydrogen-bond donors (Lipinski definition) is 3. The molecule has 0 aromatic heterocycles. The highest BCUT2D eigenvalue weighted by Gasteiger charge is 2.46. The molecule has 10 heteroatoms. The average Bonchev–Trinajstić information content (AvgIpc) is 2.97. The molecule has 27 heavy (non-hydrogen) atoms. The molecule has 1 aromatic carbocycles. The van der Waals surface area contributed by atoms with Gasteiger partial charge in [0.1, 0.15) is 12.2 Å².